The zero-order valence-corrected chi connectivity index (χ0v) is 10.7. The van der Waals surface area contributed by atoms with E-state index in [9.17, 15) is 4.79 Å². The fraction of sp³-hybridized carbons (Fsp3) is 0.556. The molecule has 1 aromatic heterocycles. The number of aliphatic carboxylic acids is 1. The lowest BCUT2D eigenvalue weighted by molar-refractivity contribution is -0.139. The lowest BCUT2D eigenvalue weighted by Crippen LogP contribution is -2.33. The van der Waals surface area contributed by atoms with Crippen LogP contribution in [0.15, 0.2) is 6.20 Å². The molecule has 0 aromatic carbocycles. The van der Waals surface area contributed by atoms with Crippen LogP contribution in [0.1, 0.15) is 11.0 Å². The Kier molecular flexibility index (Phi) is 5.14. The third-order valence-electron chi connectivity index (χ3n) is 1.90. The van der Waals surface area contributed by atoms with Crippen molar-refractivity contribution >= 4 is 28.9 Å². The van der Waals surface area contributed by atoms with Crippen molar-refractivity contribution < 1.29 is 9.90 Å². The highest BCUT2D eigenvalue weighted by molar-refractivity contribution is 7.16. The van der Waals surface area contributed by atoms with Crippen LogP contribution < -0.4 is 5.32 Å². The summed E-state index contributed by atoms with van der Waals surface area (Å²) in [5, 5.41) is 12.5. The molecular formula is C9H14ClN3O2S. The van der Waals surface area contributed by atoms with E-state index in [2.05, 4.69) is 10.3 Å². The van der Waals surface area contributed by atoms with Crippen LogP contribution in [-0.2, 0) is 4.79 Å². The van der Waals surface area contributed by atoms with Crippen LogP contribution in [-0.4, -0.2) is 48.1 Å². The molecule has 0 radical (unpaired) electrons. The van der Waals surface area contributed by atoms with E-state index < -0.39 is 12.0 Å². The minimum atomic E-state index is -0.940. The molecule has 1 rings (SSSR count). The summed E-state index contributed by atoms with van der Waals surface area (Å²) in [6, 6.07) is -0.780. The normalized spacial score (nSPS) is 13.0. The summed E-state index contributed by atoms with van der Waals surface area (Å²) in [5.74, 6) is -0.940. The number of rotatable bonds is 6. The standard InChI is InChI=1S/C9H14ClN3O2S/c1-13(2)4-3-11-7(9(14)15)8-12-5-6(10)16-8/h5,7,11H,3-4H2,1-2H3,(H,14,15). The Balaban J connectivity index is 2.58. The fourth-order valence-corrected chi connectivity index (χ4v) is 2.11. The van der Waals surface area contributed by atoms with Gasteiger partial charge in [0.1, 0.15) is 9.34 Å². The number of hydrogen-bond acceptors (Lipinski definition) is 5. The average Bonchev–Trinajstić information content (AvgIpc) is 2.58. The molecule has 0 fully saturated rings. The first-order valence-corrected chi connectivity index (χ1v) is 5.92. The van der Waals surface area contributed by atoms with E-state index in [1.165, 1.54) is 17.5 Å². The zero-order valence-electron chi connectivity index (χ0n) is 9.11. The SMILES string of the molecule is CN(C)CCNC(C(=O)O)c1ncc(Cl)s1. The van der Waals surface area contributed by atoms with Crippen molar-refractivity contribution in [1.29, 1.82) is 0 Å². The van der Waals surface area contributed by atoms with Gasteiger partial charge in [-0.25, -0.2) is 4.98 Å². The van der Waals surface area contributed by atoms with Gasteiger partial charge in [-0.3, -0.25) is 10.1 Å². The minimum absolute atomic E-state index is 0.483. The van der Waals surface area contributed by atoms with Crippen LogP contribution in [0.25, 0.3) is 0 Å². The highest BCUT2D eigenvalue weighted by atomic mass is 35.5. The number of nitrogens with one attached hydrogen (secondary N) is 1. The van der Waals surface area contributed by atoms with Crippen molar-refractivity contribution in [2.24, 2.45) is 0 Å². The lowest BCUT2D eigenvalue weighted by Gasteiger charge is -2.14. The summed E-state index contributed by atoms with van der Waals surface area (Å²) in [6.45, 7) is 1.35. The molecule has 0 spiro atoms. The maximum absolute atomic E-state index is 11.0. The summed E-state index contributed by atoms with van der Waals surface area (Å²) in [5.41, 5.74) is 0. The van der Waals surface area contributed by atoms with Crippen LogP contribution in [0.2, 0.25) is 4.34 Å². The van der Waals surface area contributed by atoms with Gasteiger partial charge in [-0.05, 0) is 14.1 Å². The summed E-state index contributed by atoms with van der Waals surface area (Å²) >= 11 is 6.90. The van der Waals surface area contributed by atoms with Crippen molar-refractivity contribution in [2.75, 3.05) is 27.2 Å². The van der Waals surface area contributed by atoms with Gasteiger partial charge in [-0.1, -0.05) is 11.6 Å². The van der Waals surface area contributed by atoms with E-state index >= 15 is 0 Å². The predicted molar refractivity (Wildman–Crippen MR) is 64.1 cm³/mol. The summed E-state index contributed by atoms with van der Waals surface area (Å²) < 4.78 is 0.496. The Hall–Kier alpha value is -0.690. The number of carboxylic acid groups (broad SMARTS) is 1. The quantitative estimate of drug-likeness (QED) is 0.804. The average molecular weight is 264 g/mol. The second-order valence-electron chi connectivity index (χ2n) is 3.53. The molecule has 1 heterocycles. The van der Waals surface area contributed by atoms with Crippen LogP contribution >= 0.6 is 22.9 Å². The molecule has 90 valence electrons. The Bertz CT molecular complexity index is 356. The summed E-state index contributed by atoms with van der Waals surface area (Å²) in [6.07, 6.45) is 1.46. The molecule has 0 bridgehead atoms. The highest BCUT2D eigenvalue weighted by Gasteiger charge is 2.22. The lowest BCUT2D eigenvalue weighted by atomic mass is 10.3. The van der Waals surface area contributed by atoms with Gasteiger partial charge in [0.25, 0.3) is 0 Å². The number of carboxylic acids is 1. The van der Waals surface area contributed by atoms with Gasteiger partial charge >= 0.3 is 5.97 Å². The molecule has 1 unspecified atom stereocenters. The molecule has 0 aliphatic heterocycles. The van der Waals surface area contributed by atoms with Crippen LogP contribution in [0.4, 0.5) is 0 Å². The fourth-order valence-electron chi connectivity index (χ4n) is 1.11. The molecule has 16 heavy (non-hydrogen) atoms. The molecule has 0 aliphatic rings. The summed E-state index contributed by atoms with van der Waals surface area (Å²) in [7, 11) is 3.86. The molecule has 5 nitrogen and oxygen atoms in total. The van der Waals surface area contributed by atoms with E-state index in [-0.39, 0.29) is 0 Å². The number of carbonyl (C=O) groups is 1. The topological polar surface area (TPSA) is 65.5 Å². The van der Waals surface area contributed by atoms with Gasteiger partial charge in [0, 0.05) is 13.1 Å². The number of halogens is 1. The number of thiazole rings is 1. The molecular weight excluding hydrogens is 250 g/mol. The predicted octanol–water partition coefficient (Wildman–Crippen LogP) is 1.07. The molecule has 0 amide bonds. The second kappa shape index (κ2) is 6.15. The molecule has 7 heteroatoms. The van der Waals surface area contributed by atoms with Crippen LogP contribution in [0, 0.1) is 0 Å². The van der Waals surface area contributed by atoms with E-state index in [4.69, 9.17) is 16.7 Å². The number of nitrogens with zero attached hydrogens (tertiary/aromatic N) is 2. The third-order valence-corrected chi connectivity index (χ3v) is 3.08. The second-order valence-corrected chi connectivity index (χ2v) is 5.22. The Labute approximate surface area is 103 Å². The maximum atomic E-state index is 11.0. The number of hydrogen-bond donors (Lipinski definition) is 2. The van der Waals surface area contributed by atoms with Gasteiger partial charge in [0.2, 0.25) is 0 Å². The van der Waals surface area contributed by atoms with Gasteiger partial charge in [0.15, 0.2) is 6.04 Å². The van der Waals surface area contributed by atoms with E-state index in [1.807, 2.05) is 19.0 Å². The third kappa shape index (κ3) is 4.05. The van der Waals surface area contributed by atoms with E-state index in [1.54, 1.807) is 0 Å². The first kappa shape index (κ1) is 13.4. The Morgan fingerprint density at radius 2 is 2.44 bits per heavy atom. The highest BCUT2D eigenvalue weighted by Crippen LogP contribution is 2.23. The van der Waals surface area contributed by atoms with Crippen molar-refractivity contribution in [1.82, 2.24) is 15.2 Å². The van der Waals surface area contributed by atoms with E-state index in [0.717, 1.165) is 6.54 Å². The van der Waals surface area contributed by atoms with Crippen molar-refractivity contribution in [3.8, 4) is 0 Å². The van der Waals surface area contributed by atoms with Gasteiger partial charge < -0.3 is 10.0 Å². The van der Waals surface area contributed by atoms with Gasteiger partial charge in [-0.2, -0.15) is 0 Å². The summed E-state index contributed by atoms with van der Waals surface area (Å²) in [4.78, 5) is 17.0. The Morgan fingerprint density at radius 3 is 2.88 bits per heavy atom. The van der Waals surface area contributed by atoms with Gasteiger partial charge in [0.05, 0.1) is 6.20 Å². The number of aromatic nitrogens is 1. The first-order valence-electron chi connectivity index (χ1n) is 4.73. The van der Waals surface area contributed by atoms with Crippen molar-refractivity contribution in [3.05, 3.63) is 15.5 Å². The largest absolute Gasteiger partial charge is 0.480 e. The maximum Gasteiger partial charge on any atom is 0.327 e. The molecule has 0 saturated heterocycles. The Morgan fingerprint density at radius 1 is 1.75 bits per heavy atom. The van der Waals surface area contributed by atoms with Gasteiger partial charge in [-0.15, -0.1) is 11.3 Å². The van der Waals surface area contributed by atoms with Crippen LogP contribution in [0.3, 0.4) is 0 Å². The number of likely N-dealkylation sites (N-methyl/N-ethyl adjacent to an activating group) is 1. The smallest absolute Gasteiger partial charge is 0.327 e. The van der Waals surface area contributed by atoms with Crippen molar-refractivity contribution in [2.45, 2.75) is 6.04 Å². The van der Waals surface area contributed by atoms with Crippen LogP contribution in [0.5, 0.6) is 0 Å². The molecule has 0 saturated carbocycles. The monoisotopic (exact) mass is 263 g/mol. The zero-order chi connectivity index (χ0) is 12.1. The molecule has 2 N–H and O–H groups in total. The van der Waals surface area contributed by atoms with E-state index in [0.29, 0.717) is 15.9 Å². The molecule has 1 atom stereocenters. The minimum Gasteiger partial charge on any atom is -0.480 e. The molecule has 0 aliphatic carbocycles. The van der Waals surface area contributed by atoms with Crippen molar-refractivity contribution in [3.63, 3.8) is 0 Å². The first-order chi connectivity index (χ1) is 7.50. The molecule has 1 aromatic rings.